The van der Waals surface area contributed by atoms with E-state index in [1.54, 1.807) is 0 Å². The van der Waals surface area contributed by atoms with E-state index in [0.29, 0.717) is 12.1 Å². The molecular formula is C20H19F6N5O2. The number of carbonyl (C=O) groups excluding carboxylic acids is 1. The molecular weight excluding hydrogens is 456 g/mol. The summed E-state index contributed by atoms with van der Waals surface area (Å²) in [5.41, 5.74) is -1.41. The topological polar surface area (TPSA) is 74.0 Å². The van der Waals surface area contributed by atoms with Crippen LogP contribution in [0.15, 0.2) is 42.6 Å². The van der Waals surface area contributed by atoms with Crippen molar-refractivity contribution in [3.8, 4) is 5.75 Å². The van der Waals surface area contributed by atoms with Gasteiger partial charge in [0.1, 0.15) is 11.4 Å². The third kappa shape index (κ3) is 6.49. The quantitative estimate of drug-likeness (QED) is 0.390. The summed E-state index contributed by atoms with van der Waals surface area (Å²) in [7, 11) is 0. The van der Waals surface area contributed by atoms with Gasteiger partial charge in [0.2, 0.25) is 0 Å². The first-order valence-corrected chi connectivity index (χ1v) is 9.67. The van der Waals surface area contributed by atoms with E-state index in [-0.39, 0.29) is 31.3 Å². The zero-order chi connectivity index (χ0) is 24.2. The number of aryl methyl sites for hydroxylation is 2. The van der Waals surface area contributed by atoms with Crippen molar-refractivity contribution in [2.24, 2.45) is 0 Å². The van der Waals surface area contributed by atoms with Crippen LogP contribution < -0.4 is 10.1 Å². The van der Waals surface area contributed by atoms with Gasteiger partial charge in [-0.3, -0.25) is 9.48 Å². The molecule has 33 heavy (non-hydrogen) atoms. The molecule has 178 valence electrons. The Morgan fingerprint density at radius 1 is 1.06 bits per heavy atom. The summed E-state index contributed by atoms with van der Waals surface area (Å²) in [6.45, 7) is 1.65. The number of hydrogen-bond acceptors (Lipinski definition) is 4. The fourth-order valence-electron chi connectivity index (χ4n) is 2.85. The van der Waals surface area contributed by atoms with E-state index in [9.17, 15) is 31.1 Å². The Kier molecular flexibility index (Phi) is 6.98. The van der Waals surface area contributed by atoms with Crippen molar-refractivity contribution < 1.29 is 35.9 Å². The van der Waals surface area contributed by atoms with Gasteiger partial charge in [-0.2, -0.15) is 36.5 Å². The summed E-state index contributed by atoms with van der Waals surface area (Å²) in [4.78, 5) is 12.2. The van der Waals surface area contributed by atoms with Gasteiger partial charge in [-0.15, -0.1) is 0 Å². The minimum absolute atomic E-state index is 0.00563. The molecule has 1 N–H and O–H groups in total. The van der Waals surface area contributed by atoms with Gasteiger partial charge >= 0.3 is 12.4 Å². The third-order valence-corrected chi connectivity index (χ3v) is 4.50. The molecule has 0 radical (unpaired) electrons. The van der Waals surface area contributed by atoms with Crippen LogP contribution in [0, 0.1) is 6.92 Å². The lowest BCUT2D eigenvalue weighted by Gasteiger charge is -2.10. The molecule has 2 aromatic heterocycles. The summed E-state index contributed by atoms with van der Waals surface area (Å²) >= 11 is 0. The maximum atomic E-state index is 12.7. The smallest absolute Gasteiger partial charge is 0.435 e. The Morgan fingerprint density at radius 3 is 2.48 bits per heavy atom. The molecule has 13 heteroatoms. The van der Waals surface area contributed by atoms with Crippen molar-refractivity contribution in [1.82, 2.24) is 24.9 Å². The zero-order valence-corrected chi connectivity index (χ0v) is 17.2. The summed E-state index contributed by atoms with van der Waals surface area (Å²) in [5.74, 6) is -0.519. The van der Waals surface area contributed by atoms with Crippen LogP contribution in [-0.4, -0.2) is 32.0 Å². The molecule has 0 aliphatic rings. The highest BCUT2D eigenvalue weighted by molar-refractivity contribution is 5.92. The Labute approximate surface area is 183 Å². The lowest BCUT2D eigenvalue weighted by Crippen LogP contribution is -2.26. The number of amides is 1. The fourth-order valence-corrected chi connectivity index (χ4v) is 2.85. The molecule has 1 amide bonds. The van der Waals surface area contributed by atoms with Crippen LogP contribution in [0.3, 0.4) is 0 Å². The van der Waals surface area contributed by atoms with E-state index >= 15 is 0 Å². The summed E-state index contributed by atoms with van der Waals surface area (Å²) in [6, 6.07) is 6.72. The molecule has 0 aliphatic heterocycles. The van der Waals surface area contributed by atoms with Crippen molar-refractivity contribution >= 4 is 5.91 Å². The Morgan fingerprint density at radius 2 is 1.82 bits per heavy atom. The van der Waals surface area contributed by atoms with Crippen molar-refractivity contribution in [1.29, 1.82) is 0 Å². The monoisotopic (exact) mass is 475 g/mol. The first-order chi connectivity index (χ1) is 15.4. The lowest BCUT2D eigenvalue weighted by atomic mass is 10.2. The van der Waals surface area contributed by atoms with Crippen molar-refractivity contribution in [2.75, 3.05) is 6.54 Å². The van der Waals surface area contributed by atoms with Crippen LogP contribution in [0.2, 0.25) is 0 Å². The molecule has 3 aromatic rings. The Hall–Kier alpha value is -3.51. The number of hydrogen-bond donors (Lipinski definition) is 1. The molecule has 0 unspecified atom stereocenters. The standard InChI is InChI=1S/C20H19F6N5O2/c1-13-10-17(20(24,25)26)29-31(13)8-3-7-27-18(32)16-6-9-30(28-16)12-33-15-5-2-4-14(11-15)19(21,22)23/h2,4-6,9-11H,3,7-8,12H2,1H3,(H,27,32). The van der Waals surface area contributed by atoms with Crippen LogP contribution in [-0.2, 0) is 25.6 Å². The van der Waals surface area contributed by atoms with Gasteiger partial charge in [0.25, 0.3) is 5.91 Å². The van der Waals surface area contributed by atoms with Crippen LogP contribution in [0.1, 0.15) is 33.9 Å². The van der Waals surface area contributed by atoms with Gasteiger partial charge in [-0.25, -0.2) is 4.68 Å². The highest BCUT2D eigenvalue weighted by Gasteiger charge is 2.34. The van der Waals surface area contributed by atoms with Crippen molar-refractivity contribution in [3.63, 3.8) is 0 Å². The molecule has 0 aliphatic carbocycles. The Balaban J connectivity index is 1.46. The number of rotatable bonds is 8. The summed E-state index contributed by atoms with van der Waals surface area (Å²) in [6.07, 6.45) is -7.25. The van der Waals surface area contributed by atoms with Crippen molar-refractivity contribution in [2.45, 2.75) is 39.0 Å². The number of aromatic nitrogens is 4. The van der Waals surface area contributed by atoms with Gasteiger partial charge < -0.3 is 10.1 Å². The molecule has 0 fully saturated rings. The SMILES string of the molecule is Cc1cc(C(F)(F)F)nn1CCCNC(=O)c1ccn(COc2cccc(C(F)(F)F)c2)n1. The molecule has 0 saturated carbocycles. The first-order valence-electron chi connectivity index (χ1n) is 9.67. The number of carbonyl (C=O) groups is 1. The van der Waals surface area contributed by atoms with Gasteiger partial charge in [-0.1, -0.05) is 6.07 Å². The Bertz CT molecular complexity index is 1100. The third-order valence-electron chi connectivity index (χ3n) is 4.50. The molecule has 0 spiro atoms. The second kappa shape index (κ2) is 9.55. The number of halogens is 6. The number of ether oxygens (including phenoxy) is 1. The van der Waals surface area contributed by atoms with Crippen LogP contribution >= 0.6 is 0 Å². The van der Waals surface area contributed by atoms with E-state index < -0.39 is 29.5 Å². The van der Waals surface area contributed by atoms with Crippen LogP contribution in [0.5, 0.6) is 5.75 Å². The molecule has 0 bridgehead atoms. The molecule has 1 aromatic carbocycles. The average molecular weight is 475 g/mol. The fraction of sp³-hybridized carbons (Fsp3) is 0.350. The van der Waals surface area contributed by atoms with E-state index in [1.165, 1.54) is 40.7 Å². The number of nitrogens with one attached hydrogen (secondary N) is 1. The number of benzene rings is 1. The number of nitrogens with zero attached hydrogens (tertiary/aromatic N) is 4. The molecule has 7 nitrogen and oxygen atoms in total. The van der Waals surface area contributed by atoms with Crippen LogP contribution in [0.4, 0.5) is 26.3 Å². The van der Waals surface area contributed by atoms with E-state index in [0.717, 1.165) is 18.2 Å². The molecule has 3 rings (SSSR count). The van der Waals surface area contributed by atoms with E-state index in [1.807, 2.05) is 0 Å². The minimum atomic E-state index is -4.52. The molecule has 0 saturated heterocycles. The second-order valence-corrected chi connectivity index (χ2v) is 7.04. The predicted molar refractivity (Wildman–Crippen MR) is 103 cm³/mol. The molecule has 0 atom stereocenters. The lowest BCUT2D eigenvalue weighted by molar-refractivity contribution is -0.141. The van der Waals surface area contributed by atoms with Gasteiger partial charge in [-0.05, 0) is 43.7 Å². The first kappa shape index (κ1) is 24.1. The average Bonchev–Trinajstić information content (AvgIpc) is 3.36. The second-order valence-electron chi connectivity index (χ2n) is 7.04. The molecule has 2 heterocycles. The normalized spacial score (nSPS) is 12.1. The van der Waals surface area contributed by atoms with Crippen LogP contribution in [0.25, 0.3) is 0 Å². The predicted octanol–water partition coefficient (Wildman–Crippen LogP) is 4.28. The summed E-state index contributed by atoms with van der Waals surface area (Å²) in [5, 5.41) is 10.1. The maximum absolute atomic E-state index is 12.7. The van der Waals surface area contributed by atoms with Gasteiger partial charge in [0.05, 0.1) is 5.56 Å². The largest absolute Gasteiger partial charge is 0.471 e. The highest BCUT2D eigenvalue weighted by Crippen LogP contribution is 2.31. The highest BCUT2D eigenvalue weighted by atomic mass is 19.4. The number of alkyl halides is 6. The van der Waals surface area contributed by atoms with Crippen molar-refractivity contribution in [3.05, 3.63) is 65.2 Å². The maximum Gasteiger partial charge on any atom is 0.435 e. The summed E-state index contributed by atoms with van der Waals surface area (Å²) < 4.78 is 84.0. The van der Waals surface area contributed by atoms with Gasteiger partial charge in [0.15, 0.2) is 12.4 Å². The minimum Gasteiger partial charge on any atom is -0.471 e. The van der Waals surface area contributed by atoms with E-state index in [2.05, 4.69) is 15.5 Å². The zero-order valence-electron chi connectivity index (χ0n) is 17.2. The van der Waals surface area contributed by atoms with Gasteiger partial charge in [0, 0.05) is 25.0 Å². The van der Waals surface area contributed by atoms with E-state index in [4.69, 9.17) is 4.74 Å².